The maximum Gasteiger partial charge on any atom is 0.303 e. The number of imidazole rings is 2. The Morgan fingerprint density at radius 1 is 0.437 bits per heavy atom. The molecule has 0 saturated heterocycles. The zero-order valence-corrected chi connectivity index (χ0v) is 77.9. The van der Waals surface area contributed by atoms with Gasteiger partial charge in [-0.25, -0.2) is 9.97 Å². The summed E-state index contributed by atoms with van der Waals surface area (Å²) in [5.41, 5.74) is 1.83. The molecule has 0 unspecified atom stereocenters. The lowest BCUT2D eigenvalue weighted by Gasteiger charge is -2.26. The van der Waals surface area contributed by atoms with E-state index in [4.69, 9.17) is 9.15 Å². The number of aliphatic carboxylic acids is 2. The number of rotatable bonds is 61. The highest BCUT2D eigenvalue weighted by molar-refractivity contribution is 6.07. The zero-order valence-electron chi connectivity index (χ0n) is 77.9. The smallest absolute Gasteiger partial charge is 0.303 e. The molecule has 8 amide bonds. The lowest BCUT2D eigenvalue weighted by molar-refractivity contribution is -0.140. The molecule has 2 aliphatic rings. The first-order chi connectivity index (χ1) is 63.5. The number of carboxylic acids is 2. The number of aromatic nitrogens is 4. The lowest BCUT2D eigenvalue weighted by Crippen LogP contribution is -2.50. The number of phenolic OH excluding ortho intramolecular Hbond substituents is 1. The number of carbonyl (C=O) groups excluding carboxylic acids is 18. The van der Waals surface area contributed by atoms with Crippen LogP contribution < -0.4 is 52.7 Å². The summed E-state index contributed by atoms with van der Waals surface area (Å²) in [6, 6.07) is 3.33. The van der Waals surface area contributed by atoms with Gasteiger partial charge in [-0.3, -0.25) is 95.9 Å². The fraction of sp³-hybridized carbons (Fsp3) is 0.526. The van der Waals surface area contributed by atoms with Gasteiger partial charge in [-0.2, -0.15) is 0 Å². The van der Waals surface area contributed by atoms with Gasteiger partial charge in [-0.1, -0.05) is 33.6 Å². The number of nitrogens with one attached hydrogen (secondary N) is 10. The van der Waals surface area contributed by atoms with Gasteiger partial charge in [0, 0.05) is 177 Å². The summed E-state index contributed by atoms with van der Waals surface area (Å²) < 4.78 is 11.3. The molecule has 40 nitrogen and oxygen atoms in total. The van der Waals surface area contributed by atoms with E-state index in [0.717, 1.165) is 0 Å². The molecule has 1 aliphatic heterocycles. The number of nitrogens with zero attached hydrogens (tertiary/aromatic N) is 2. The van der Waals surface area contributed by atoms with Crippen LogP contribution in [-0.2, 0) is 104 Å². The van der Waals surface area contributed by atoms with Gasteiger partial charge in [-0.05, 0) is 137 Å². The third kappa shape index (κ3) is 34.8. The molecule has 4 aromatic rings. The van der Waals surface area contributed by atoms with Crippen LogP contribution in [-0.4, -0.2) is 224 Å². The molecule has 0 fully saturated rings. The first-order valence-electron chi connectivity index (χ1n) is 44.9. The molecule has 0 spiro atoms. The maximum atomic E-state index is 14.5. The van der Waals surface area contributed by atoms with Gasteiger partial charge in [0.1, 0.15) is 28.6 Å². The largest absolute Gasteiger partial charge is 0.508 e. The van der Waals surface area contributed by atoms with Crippen molar-refractivity contribution in [2.24, 2.45) is 47.3 Å². The van der Waals surface area contributed by atoms with E-state index in [2.05, 4.69) is 62.5 Å². The van der Waals surface area contributed by atoms with Crippen molar-refractivity contribution < 1.29 is 131 Å². The van der Waals surface area contributed by atoms with E-state index in [1.807, 2.05) is 0 Å². The summed E-state index contributed by atoms with van der Waals surface area (Å²) in [6.07, 6.45) is -3.43. The Balaban J connectivity index is 0.997. The van der Waals surface area contributed by atoms with E-state index >= 15 is 0 Å². The molecule has 0 bridgehead atoms. The second-order valence-corrected chi connectivity index (χ2v) is 35.2. The quantitative estimate of drug-likeness (QED) is 0.0103. The number of unbranched alkanes of at least 4 members (excludes halogenated alkanes) is 2. The van der Waals surface area contributed by atoms with Gasteiger partial charge >= 0.3 is 11.9 Å². The second kappa shape index (κ2) is 52.8. The average Bonchev–Trinajstić information content (AvgIpc) is 1.30. The first-order valence-corrected chi connectivity index (χ1v) is 44.9. The van der Waals surface area contributed by atoms with Crippen LogP contribution in [0.25, 0.3) is 33.4 Å². The molecule has 2 aromatic carbocycles. The molecular formula is C95H124N12O28. The number of aliphatic hydroxyl groups excluding tert-OH is 2. The standard InChI is InChI=1S/C95H124N12O28/c1-47(2)100-88(126)48(3)29-75(115)53(8)104-92(130)61(20-27-85(122)123)34-80(120)72(36-63-42-96-44-98-63)106-94(132)70(58(13)111)41-79(119)56(11)102-90(128)50(5)31-77(117)54(9)105-93(131)62(21-28-86(124)125)35-81(121)73(37-64-43-97-45-99-64)107-95(133)69(57(12)110)40-78(118)55(10)101-89(127)49(4)30-76(116)52(7)103-91(129)60(32-51(6)109)17-15-14-16-18-74(114)59-19-26-82(134-46-108)71(33-59)87-67-24-22-65(112)38-83(67)135-84-39-66(113)23-25-68(84)87/h19,22-26,33,38-39,42-50,52-58,60-62,69-70,72-73,110-112H,14-18,20-21,27-32,34-37,40-41H2,1-13H3,(H,96,98)(H,97,99)(H,100,126)(H,101,127)(H,102,128)(H,103,129)(H,104,130)(H,105,131)(H,106,132)(H,107,133)(H,122,123)(H,124,125)/t48-,49-,50-,52+,53+,54+,55+,56+,57-,58-,60-,61-,62-,69+,70+,72+,73+/m0/s1. The number of benzene rings is 3. The number of hydrogen-bond acceptors (Lipinski definition) is 28. The van der Waals surface area contributed by atoms with Gasteiger partial charge in [0.15, 0.2) is 51.7 Å². The number of carboxylic acid groups (broad SMARTS) is 2. The highest BCUT2D eigenvalue weighted by atomic mass is 16.5. The second-order valence-electron chi connectivity index (χ2n) is 35.2. The molecule has 732 valence electrons. The predicted molar refractivity (Wildman–Crippen MR) is 485 cm³/mol. The van der Waals surface area contributed by atoms with Crippen LogP contribution in [0.15, 0.2) is 88.9 Å². The van der Waals surface area contributed by atoms with E-state index < -0.39 is 259 Å². The summed E-state index contributed by atoms with van der Waals surface area (Å²) in [6.45, 7) is 18.2. The number of aliphatic hydroxyl groups is 2. The van der Waals surface area contributed by atoms with Gasteiger partial charge in [0.2, 0.25) is 47.3 Å². The zero-order chi connectivity index (χ0) is 101. The van der Waals surface area contributed by atoms with Crippen molar-refractivity contribution in [1.29, 1.82) is 0 Å². The molecule has 40 heteroatoms. The van der Waals surface area contributed by atoms with Crippen LogP contribution in [0, 0.1) is 47.3 Å². The van der Waals surface area contributed by atoms with Gasteiger partial charge in [-0.15, -0.1) is 0 Å². The van der Waals surface area contributed by atoms with Gasteiger partial charge in [0.05, 0.1) is 90.4 Å². The molecule has 2 aromatic heterocycles. The van der Waals surface area contributed by atoms with Crippen molar-refractivity contribution in [2.45, 2.75) is 273 Å². The minimum atomic E-state index is -1.59. The number of ether oxygens (including phenoxy) is 1. The minimum absolute atomic E-state index is 0.0534. The topological polar surface area (TPSA) is 636 Å². The number of ketones is 9. The van der Waals surface area contributed by atoms with Crippen LogP contribution in [0.3, 0.4) is 0 Å². The number of amides is 8. The van der Waals surface area contributed by atoms with Crippen LogP contribution in [0.5, 0.6) is 11.5 Å². The summed E-state index contributed by atoms with van der Waals surface area (Å²) in [7, 11) is 0. The summed E-state index contributed by atoms with van der Waals surface area (Å²) in [4.78, 5) is 294. The molecule has 135 heavy (non-hydrogen) atoms. The number of aromatic amines is 2. The van der Waals surface area contributed by atoms with Crippen LogP contribution in [0.4, 0.5) is 0 Å². The Hall–Kier alpha value is -13.5. The molecule has 0 radical (unpaired) electrons. The van der Waals surface area contributed by atoms with Crippen molar-refractivity contribution in [3.63, 3.8) is 0 Å². The highest BCUT2D eigenvalue weighted by Gasteiger charge is 2.40. The molecule has 1 aliphatic carbocycles. The van der Waals surface area contributed by atoms with E-state index in [1.165, 1.54) is 138 Å². The number of carbonyl (C=O) groups is 20. The number of phenols is 1. The van der Waals surface area contributed by atoms with Gasteiger partial charge < -0.3 is 92.0 Å². The third-order valence-electron chi connectivity index (χ3n) is 23.4. The van der Waals surface area contributed by atoms with Crippen LogP contribution in [0.1, 0.15) is 221 Å². The average molecular weight is 1880 g/mol. The Kier molecular flexibility index (Phi) is 43.1. The SMILES string of the molecule is CC(=O)C[C@H](CCCCCC(=O)c1ccc(OC=O)c(-c2c3ccc(=O)cc-3oc3cc(O)ccc23)c1)C(=O)N[C@H](C)C(=O)C[C@H](C)C(=O)N[C@H](C)C(=O)C[C@@H](C(=O)N[C@H](Cc1c[nH]cn1)C(=O)C[C@H](CCC(=O)O)C(=O)N[C@H](C)C(=O)C[C@H](C)C(=O)N[C@H](C)C(=O)C[C@@H](C(=O)N[C@H](Cc1c[nH]cn1)C(=O)C[C@H](CCC(=O)O)C(=O)N[C@H](C)C(=O)C[C@H](C)C(=O)NC(C)C)[C@H](C)O)[C@H](C)O. The number of Topliss-reactive ketones (excluding diaryl/α,β-unsaturated/α-hetero) is 9. The van der Waals surface area contributed by atoms with Gasteiger partial charge in [0.25, 0.3) is 6.47 Å². The van der Waals surface area contributed by atoms with Crippen LogP contribution >= 0.6 is 0 Å². The molecule has 15 N–H and O–H groups in total. The predicted octanol–water partition coefficient (Wildman–Crippen LogP) is 5.06. The Labute approximate surface area is 778 Å². The Morgan fingerprint density at radius 3 is 1.26 bits per heavy atom. The monoisotopic (exact) mass is 1880 g/mol. The minimum Gasteiger partial charge on any atom is -0.508 e. The molecule has 17 atom stereocenters. The number of hydrogen-bond donors (Lipinski definition) is 15. The molecular weight excluding hydrogens is 1760 g/mol. The number of fused-ring (bicyclic) bond motifs is 2. The fourth-order valence-corrected chi connectivity index (χ4v) is 15.2. The highest BCUT2D eigenvalue weighted by Crippen LogP contribution is 2.45. The number of H-pyrrole nitrogens is 2. The Morgan fingerprint density at radius 2 is 0.859 bits per heavy atom. The lowest BCUT2D eigenvalue weighted by atomic mass is 9.89. The molecule has 0 saturated carbocycles. The third-order valence-corrected chi connectivity index (χ3v) is 23.4. The van der Waals surface area contributed by atoms with E-state index in [1.54, 1.807) is 32.0 Å². The van der Waals surface area contributed by atoms with E-state index in [0.29, 0.717) is 41.3 Å². The normalized spacial score (nSPS) is 15.2. The van der Waals surface area contributed by atoms with Crippen molar-refractivity contribution in [2.75, 3.05) is 0 Å². The Bertz CT molecular complexity index is 5290. The molecule has 3 heterocycles. The maximum absolute atomic E-state index is 14.5. The fourth-order valence-electron chi connectivity index (χ4n) is 15.2. The summed E-state index contributed by atoms with van der Waals surface area (Å²) in [5, 5.41) is 72.3. The first kappa shape index (κ1) is 110. The van der Waals surface area contributed by atoms with Crippen molar-refractivity contribution in [1.82, 2.24) is 62.5 Å². The number of aromatic hydroxyl groups is 1. The van der Waals surface area contributed by atoms with E-state index in [9.17, 15) is 126 Å². The van der Waals surface area contributed by atoms with Crippen LogP contribution in [0.2, 0.25) is 0 Å². The summed E-state index contributed by atoms with van der Waals surface area (Å²) >= 11 is 0. The van der Waals surface area contributed by atoms with E-state index in [-0.39, 0.29) is 114 Å². The van der Waals surface area contributed by atoms with Crippen molar-refractivity contribution in [3.05, 3.63) is 107 Å². The van der Waals surface area contributed by atoms with Crippen molar-refractivity contribution in [3.8, 4) is 33.9 Å². The van der Waals surface area contributed by atoms with Crippen molar-refractivity contribution >= 4 is 129 Å². The summed E-state index contributed by atoms with van der Waals surface area (Å²) in [5.74, 6) is -24.7. The molecule has 6 rings (SSSR count).